The van der Waals surface area contributed by atoms with Crippen LogP contribution < -0.4 is 9.04 Å². The number of ether oxygens (including phenoxy) is 2. The number of benzene rings is 1. The van der Waals surface area contributed by atoms with Crippen molar-refractivity contribution in [2.24, 2.45) is 0 Å². The van der Waals surface area contributed by atoms with Gasteiger partial charge in [-0.1, -0.05) is 12.1 Å². The molecule has 0 atom stereocenters. The summed E-state index contributed by atoms with van der Waals surface area (Å²) in [4.78, 5) is 17.1. The maximum absolute atomic E-state index is 12.6. The molecule has 0 saturated carbocycles. The number of sulfonamides is 1. The number of carbonyl (C=O) groups is 1. The van der Waals surface area contributed by atoms with Crippen LogP contribution in [-0.2, 0) is 26.2 Å². The van der Waals surface area contributed by atoms with Crippen molar-refractivity contribution >= 4 is 44.4 Å². The molecule has 0 fully saturated rings. The standard InChI is InChI=1S/C21H18N2O6S3/c1-23(32(25,26)20-5-3-11-31-20)16-6-8-17(9-7-16)27-14-19(24)28-12-15-13-29-21(22-15)18-4-2-10-30-18/h2-11,13H,12,14H2,1H3. The monoisotopic (exact) mass is 490 g/mol. The average molecular weight is 491 g/mol. The number of thiophene rings is 2. The van der Waals surface area contributed by atoms with Crippen LogP contribution in [0.1, 0.15) is 5.69 Å². The SMILES string of the molecule is CN(c1ccc(OCC(=O)OCc2coc(-c3cccs3)n2)cc1)S(=O)(=O)c1cccs1. The molecule has 0 unspecified atom stereocenters. The number of hydrogen-bond donors (Lipinski definition) is 0. The Kier molecular flexibility index (Phi) is 6.58. The molecule has 0 amide bonds. The van der Waals surface area contributed by atoms with Crippen LogP contribution in [0, 0.1) is 0 Å². The molecule has 8 nitrogen and oxygen atoms in total. The highest BCUT2D eigenvalue weighted by Gasteiger charge is 2.22. The van der Waals surface area contributed by atoms with E-state index in [4.69, 9.17) is 13.9 Å². The lowest BCUT2D eigenvalue weighted by atomic mass is 10.3. The third-order valence-corrected chi connectivity index (χ3v) is 8.35. The maximum atomic E-state index is 12.6. The third kappa shape index (κ3) is 5.01. The maximum Gasteiger partial charge on any atom is 0.344 e. The van der Waals surface area contributed by atoms with Gasteiger partial charge in [0.05, 0.1) is 10.6 Å². The number of hydrogen-bond acceptors (Lipinski definition) is 9. The molecular formula is C21H18N2O6S3. The number of oxazole rings is 1. The van der Waals surface area contributed by atoms with Gasteiger partial charge >= 0.3 is 5.97 Å². The molecule has 32 heavy (non-hydrogen) atoms. The fourth-order valence-electron chi connectivity index (χ4n) is 2.66. The molecule has 0 aliphatic heterocycles. The molecule has 0 saturated heterocycles. The Labute approximate surface area is 192 Å². The smallest absolute Gasteiger partial charge is 0.344 e. The Morgan fingerprint density at radius 1 is 1.09 bits per heavy atom. The van der Waals surface area contributed by atoms with Crippen molar-refractivity contribution in [2.45, 2.75) is 10.8 Å². The average Bonchev–Trinajstić information content (AvgIpc) is 3.58. The molecule has 0 spiro atoms. The van der Waals surface area contributed by atoms with Gasteiger partial charge in [0.25, 0.3) is 10.0 Å². The van der Waals surface area contributed by atoms with Crippen molar-refractivity contribution < 1.29 is 27.1 Å². The molecule has 3 aromatic heterocycles. The van der Waals surface area contributed by atoms with Crippen LogP contribution in [0.15, 0.2) is 74.2 Å². The van der Waals surface area contributed by atoms with Gasteiger partial charge in [-0.2, -0.15) is 0 Å². The van der Waals surface area contributed by atoms with Crippen LogP contribution in [0.5, 0.6) is 5.75 Å². The van der Waals surface area contributed by atoms with E-state index in [9.17, 15) is 13.2 Å². The first-order valence-electron chi connectivity index (χ1n) is 9.33. The Morgan fingerprint density at radius 3 is 2.53 bits per heavy atom. The number of anilines is 1. The van der Waals surface area contributed by atoms with Crippen molar-refractivity contribution in [1.82, 2.24) is 4.98 Å². The van der Waals surface area contributed by atoms with Gasteiger partial charge in [-0.05, 0) is 47.2 Å². The summed E-state index contributed by atoms with van der Waals surface area (Å²) >= 11 is 2.66. The first-order valence-corrected chi connectivity index (χ1v) is 12.5. The largest absolute Gasteiger partial charge is 0.482 e. The van der Waals surface area contributed by atoms with E-state index >= 15 is 0 Å². The summed E-state index contributed by atoms with van der Waals surface area (Å²) in [5.74, 6) is 0.328. The lowest BCUT2D eigenvalue weighted by molar-refractivity contribution is -0.147. The molecule has 0 aliphatic rings. The molecule has 3 heterocycles. The summed E-state index contributed by atoms with van der Waals surface area (Å²) < 4.78 is 42.6. The second-order valence-corrected chi connectivity index (χ2v) is 10.6. The normalized spacial score (nSPS) is 11.3. The Morgan fingerprint density at radius 2 is 1.84 bits per heavy atom. The minimum absolute atomic E-state index is 0.0264. The van der Waals surface area contributed by atoms with E-state index in [1.807, 2.05) is 17.5 Å². The molecule has 0 radical (unpaired) electrons. The first kappa shape index (κ1) is 22.1. The minimum Gasteiger partial charge on any atom is -0.482 e. The predicted molar refractivity (Wildman–Crippen MR) is 121 cm³/mol. The number of aromatic nitrogens is 1. The zero-order chi connectivity index (χ0) is 22.6. The van der Waals surface area contributed by atoms with Crippen LogP contribution in [-0.4, -0.2) is 33.0 Å². The molecular weight excluding hydrogens is 472 g/mol. The van der Waals surface area contributed by atoms with Crippen LogP contribution in [0.25, 0.3) is 10.8 Å². The van der Waals surface area contributed by atoms with Crippen LogP contribution in [0.4, 0.5) is 5.69 Å². The van der Waals surface area contributed by atoms with Crippen molar-refractivity contribution in [2.75, 3.05) is 18.0 Å². The lowest BCUT2D eigenvalue weighted by Gasteiger charge is -2.18. The summed E-state index contributed by atoms with van der Waals surface area (Å²) in [6.07, 6.45) is 1.45. The van der Waals surface area contributed by atoms with Crippen LogP contribution >= 0.6 is 22.7 Å². The quantitative estimate of drug-likeness (QED) is 0.320. The second kappa shape index (κ2) is 9.55. The molecule has 4 rings (SSSR count). The van der Waals surface area contributed by atoms with E-state index in [0.29, 0.717) is 23.0 Å². The zero-order valence-electron chi connectivity index (χ0n) is 16.8. The first-order chi connectivity index (χ1) is 15.4. The Balaban J connectivity index is 1.27. The summed E-state index contributed by atoms with van der Waals surface area (Å²) in [5, 5.41) is 3.63. The van der Waals surface area contributed by atoms with E-state index in [2.05, 4.69) is 4.98 Å². The summed E-state index contributed by atoms with van der Waals surface area (Å²) in [7, 11) is -2.13. The molecule has 4 aromatic rings. The highest BCUT2D eigenvalue weighted by atomic mass is 32.2. The Hall–Kier alpha value is -3.15. The van der Waals surface area contributed by atoms with Crippen molar-refractivity contribution in [3.63, 3.8) is 0 Å². The van der Waals surface area contributed by atoms with E-state index in [0.717, 1.165) is 16.2 Å². The number of nitrogens with zero attached hydrogens (tertiary/aromatic N) is 2. The summed E-state index contributed by atoms with van der Waals surface area (Å²) in [5.41, 5.74) is 0.974. The Bertz CT molecular complexity index is 1260. The van der Waals surface area contributed by atoms with E-state index < -0.39 is 16.0 Å². The van der Waals surface area contributed by atoms with Gasteiger partial charge in [0.2, 0.25) is 5.89 Å². The molecule has 1 aromatic carbocycles. The molecule has 0 aliphatic carbocycles. The second-order valence-electron chi connectivity index (χ2n) is 6.47. The van der Waals surface area contributed by atoms with E-state index in [1.54, 1.807) is 41.8 Å². The number of rotatable bonds is 9. The van der Waals surface area contributed by atoms with Crippen molar-refractivity contribution in [3.05, 3.63) is 71.2 Å². The van der Waals surface area contributed by atoms with E-state index in [-0.39, 0.29) is 17.4 Å². The van der Waals surface area contributed by atoms with Gasteiger partial charge < -0.3 is 13.9 Å². The van der Waals surface area contributed by atoms with Gasteiger partial charge in [-0.15, -0.1) is 22.7 Å². The fourth-order valence-corrected chi connectivity index (χ4v) is 5.67. The van der Waals surface area contributed by atoms with Gasteiger partial charge in [0.1, 0.15) is 28.5 Å². The summed E-state index contributed by atoms with van der Waals surface area (Å²) in [6, 6.07) is 13.4. The van der Waals surface area contributed by atoms with Crippen molar-refractivity contribution in [3.8, 4) is 16.5 Å². The van der Waals surface area contributed by atoms with Crippen molar-refractivity contribution in [1.29, 1.82) is 0 Å². The number of esters is 1. The molecule has 0 bridgehead atoms. The van der Waals surface area contributed by atoms with Gasteiger partial charge in [-0.3, -0.25) is 4.31 Å². The van der Waals surface area contributed by atoms with Gasteiger partial charge in [0, 0.05) is 7.05 Å². The predicted octanol–water partition coefficient (Wildman–Crippen LogP) is 4.41. The zero-order valence-corrected chi connectivity index (χ0v) is 19.3. The van der Waals surface area contributed by atoms with Crippen LogP contribution in [0.2, 0.25) is 0 Å². The van der Waals surface area contributed by atoms with Crippen LogP contribution in [0.3, 0.4) is 0 Å². The summed E-state index contributed by atoms with van der Waals surface area (Å²) in [6.45, 7) is -0.320. The highest BCUT2D eigenvalue weighted by molar-refractivity contribution is 7.94. The molecule has 11 heteroatoms. The fraction of sp³-hybridized carbons (Fsp3) is 0.143. The third-order valence-electron chi connectivity index (χ3n) is 4.33. The van der Waals surface area contributed by atoms with E-state index in [1.165, 1.54) is 29.0 Å². The lowest BCUT2D eigenvalue weighted by Crippen LogP contribution is -2.25. The number of carbonyl (C=O) groups excluding carboxylic acids is 1. The molecule has 0 N–H and O–H groups in total. The van der Waals surface area contributed by atoms with Gasteiger partial charge in [-0.25, -0.2) is 18.2 Å². The minimum atomic E-state index is -3.61. The highest BCUT2D eigenvalue weighted by Crippen LogP contribution is 2.27. The van der Waals surface area contributed by atoms with Gasteiger partial charge in [0.15, 0.2) is 6.61 Å². The topological polar surface area (TPSA) is 98.9 Å². The molecule has 166 valence electrons.